The van der Waals surface area contributed by atoms with Crippen molar-refractivity contribution in [2.24, 2.45) is 0 Å². The highest BCUT2D eigenvalue weighted by atomic mass is 32.1. The number of hydrogen-bond acceptors (Lipinski definition) is 4. The van der Waals surface area contributed by atoms with Crippen molar-refractivity contribution in [3.63, 3.8) is 0 Å². The van der Waals surface area contributed by atoms with E-state index in [2.05, 4.69) is 41.6 Å². The van der Waals surface area contributed by atoms with E-state index in [1.54, 1.807) is 0 Å². The number of rotatable bonds is 4. The van der Waals surface area contributed by atoms with Gasteiger partial charge in [0.1, 0.15) is 16.5 Å². The molecule has 1 aliphatic rings. The number of hydrogen-bond donors (Lipinski definition) is 0. The summed E-state index contributed by atoms with van der Waals surface area (Å²) in [5.74, 6) is 0.912. The summed E-state index contributed by atoms with van der Waals surface area (Å²) in [7, 11) is 0. The summed E-state index contributed by atoms with van der Waals surface area (Å²) in [5, 5.41) is 7.66. The largest absolute Gasteiger partial charge is 0.327 e. The van der Waals surface area contributed by atoms with Crippen molar-refractivity contribution in [3.05, 3.63) is 107 Å². The monoisotopic (exact) mass is 465 g/mol. The molecule has 0 spiro atoms. The van der Waals surface area contributed by atoms with Crippen LogP contribution in [0.3, 0.4) is 0 Å². The lowest BCUT2D eigenvalue weighted by atomic mass is 10.1. The van der Waals surface area contributed by atoms with Gasteiger partial charge in [0.15, 0.2) is 0 Å². The van der Waals surface area contributed by atoms with E-state index in [1.807, 2.05) is 69.8 Å². The zero-order valence-corrected chi connectivity index (χ0v) is 19.8. The van der Waals surface area contributed by atoms with E-state index in [9.17, 15) is 4.79 Å². The molecule has 0 saturated carbocycles. The first-order valence-corrected chi connectivity index (χ1v) is 12.1. The Balaban J connectivity index is 1.33. The third-order valence-electron chi connectivity index (χ3n) is 6.34. The van der Waals surface area contributed by atoms with Gasteiger partial charge in [0, 0.05) is 28.9 Å². The molecule has 0 bridgehead atoms. The molecule has 0 radical (unpaired) electrons. The van der Waals surface area contributed by atoms with Crippen LogP contribution < -0.4 is 0 Å². The Hall–Kier alpha value is -3.97. The Kier molecular flexibility index (Phi) is 4.92. The fourth-order valence-electron chi connectivity index (χ4n) is 4.37. The van der Waals surface area contributed by atoms with Gasteiger partial charge in [0.2, 0.25) is 0 Å². The van der Waals surface area contributed by atoms with E-state index >= 15 is 0 Å². The van der Waals surface area contributed by atoms with E-state index in [4.69, 9.17) is 5.10 Å². The maximum absolute atomic E-state index is 13.3. The third-order valence-corrected chi connectivity index (χ3v) is 7.24. The van der Waals surface area contributed by atoms with Gasteiger partial charge in [-0.25, -0.2) is 9.67 Å². The molecule has 0 fully saturated rings. The van der Waals surface area contributed by atoms with Gasteiger partial charge in [0.25, 0.3) is 5.91 Å². The van der Waals surface area contributed by atoms with Crippen LogP contribution in [0.5, 0.6) is 0 Å². The molecule has 1 aliphatic heterocycles. The zero-order valence-electron chi connectivity index (χ0n) is 19.0. The predicted octanol–water partition coefficient (Wildman–Crippen LogP) is 5.56. The first-order chi connectivity index (χ1) is 16.6. The number of aryl methyl sites for hydroxylation is 2. The summed E-state index contributed by atoms with van der Waals surface area (Å²) >= 11 is 1.50. The second-order valence-corrected chi connectivity index (χ2v) is 9.44. The van der Waals surface area contributed by atoms with Crippen LogP contribution in [0.15, 0.2) is 78.4 Å². The average molecular weight is 466 g/mol. The zero-order chi connectivity index (χ0) is 23.2. The van der Waals surface area contributed by atoms with Crippen LogP contribution >= 0.6 is 11.3 Å². The van der Waals surface area contributed by atoms with E-state index in [0.717, 1.165) is 33.3 Å². The molecule has 168 valence electrons. The number of carbonyl (C=O) groups excluding carboxylic acids is 1. The van der Waals surface area contributed by atoms with Gasteiger partial charge < -0.3 is 9.47 Å². The van der Waals surface area contributed by atoms with Gasteiger partial charge in [-0.05, 0) is 49.2 Å². The van der Waals surface area contributed by atoms with E-state index in [-0.39, 0.29) is 5.91 Å². The maximum atomic E-state index is 13.3. The maximum Gasteiger partial charge on any atom is 0.274 e. The molecule has 6 rings (SSSR count). The molecule has 0 aliphatic carbocycles. The van der Waals surface area contributed by atoms with Crippen molar-refractivity contribution in [2.45, 2.75) is 26.9 Å². The number of fused-ring (bicyclic) bond motifs is 1. The van der Waals surface area contributed by atoms with Crippen molar-refractivity contribution in [1.29, 1.82) is 0 Å². The van der Waals surface area contributed by atoms with Crippen LogP contribution in [0.2, 0.25) is 0 Å². The summed E-state index contributed by atoms with van der Waals surface area (Å²) in [4.78, 5) is 19.8. The van der Waals surface area contributed by atoms with Crippen LogP contribution in [0, 0.1) is 13.8 Å². The lowest BCUT2D eigenvalue weighted by molar-refractivity contribution is 0.0744. The Labute approximate surface area is 201 Å². The minimum atomic E-state index is -0.0624. The van der Waals surface area contributed by atoms with E-state index < -0.39 is 0 Å². The Bertz CT molecular complexity index is 1500. The summed E-state index contributed by atoms with van der Waals surface area (Å²) < 4.78 is 4.07. The van der Waals surface area contributed by atoms with Crippen LogP contribution in [-0.4, -0.2) is 30.1 Å². The van der Waals surface area contributed by atoms with Gasteiger partial charge in [-0.15, -0.1) is 11.3 Å². The Morgan fingerprint density at radius 3 is 2.50 bits per heavy atom. The molecule has 6 nitrogen and oxygen atoms in total. The summed E-state index contributed by atoms with van der Waals surface area (Å²) in [6.45, 7) is 5.20. The normalized spacial score (nSPS) is 12.8. The quantitative estimate of drug-likeness (QED) is 0.349. The molecule has 1 amide bonds. The predicted molar refractivity (Wildman–Crippen MR) is 133 cm³/mol. The Morgan fingerprint density at radius 2 is 1.74 bits per heavy atom. The number of thiazole rings is 1. The number of amides is 1. The molecule has 4 heterocycles. The molecule has 5 aromatic rings. The van der Waals surface area contributed by atoms with Crippen LogP contribution in [0.4, 0.5) is 0 Å². The van der Waals surface area contributed by atoms with Gasteiger partial charge >= 0.3 is 0 Å². The SMILES string of the molecule is Cc1ccc(-n2nc3c(c2-n2cccc2)CN(C(=O)c2csc(-c4ccccc4)n2)C3)cc1C. The smallest absolute Gasteiger partial charge is 0.274 e. The molecule has 0 saturated heterocycles. The number of carbonyl (C=O) groups is 1. The molecule has 3 aromatic heterocycles. The third kappa shape index (κ3) is 3.45. The van der Waals surface area contributed by atoms with E-state index in [0.29, 0.717) is 18.8 Å². The summed E-state index contributed by atoms with van der Waals surface area (Å²) in [5.41, 5.74) is 7.00. The second-order valence-electron chi connectivity index (χ2n) is 8.58. The highest BCUT2D eigenvalue weighted by Gasteiger charge is 2.32. The molecular formula is C27H23N5OS. The number of aromatic nitrogens is 4. The van der Waals surface area contributed by atoms with Crippen molar-refractivity contribution in [2.75, 3.05) is 0 Å². The number of benzene rings is 2. The van der Waals surface area contributed by atoms with Crippen molar-refractivity contribution in [3.8, 4) is 22.1 Å². The van der Waals surface area contributed by atoms with Crippen molar-refractivity contribution in [1.82, 2.24) is 24.2 Å². The average Bonchev–Trinajstić information content (AvgIpc) is 3.64. The first kappa shape index (κ1) is 20.6. The highest BCUT2D eigenvalue weighted by Crippen LogP contribution is 2.32. The molecule has 0 atom stereocenters. The molecule has 0 N–H and O–H groups in total. The van der Waals surface area contributed by atoms with Crippen molar-refractivity contribution < 1.29 is 4.79 Å². The molecule has 7 heteroatoms. The molecule has 34 heavy (non-hydrogen) atoms. The molecule has 0 unspecified atom stereocenters. The van der Waals surface area contributed by atoms with Crippen LogP contribution in [0.25, 0.3) is 22.1 Å². The minimum absolute atomic E-state index is 0.0624. The minimum Gasteiger partial charge on any atom is -0.327 e. The van der Waals surface area contributed by atoms with Crippen LogP contribution in [-0.2, 0) is 13.1 Å². The lowest BCUT2D eigenvalue weighted by Gasteiger charge is -2.17. The standard InChI is InChI=1S/C27H23N5OS/c1-18-10-11-21(14-19(18)2)32-26(30-12-6-7-13-30)22-15-31(16-23(22)29-32)27(33)24-17-34-25(28-24)20-8-4-3-5-9-20/h3-14,17H,15-16H2,1-2H3. The van der Waals surface area contributed by atoms with Crippen molar-refractivity contribution >= 4 is 17.2 Å². The fourth-order valence-corrected chi connectivity index (χ4v) is 5.17. The summed E-state index contributed by atoms with van der Waals surface area (Å²) in [6, 6.07) is 20.3. The number of nitrogens with zero attached hydrogens (tertiary/aromatic N) is 5. The van der Waals surface area contributed by atoms with Gasteiger partial charge in [-0.3, -0.25) is 4.79 Å². The van der Waals surface area contributed by atoms with Gasteiger partial charge in [0.05, 0.1) is 24.5 Å². The second kappa shape index (κ2) is 8.11. The Morgan fingerprint density at radius 1 is 0.941 bits per heavy atom. The fraction of sp³-hybridized carbons (Fsp3) is 0.148. The van der Waals surface area contributed by atoms with Gasteiger partial charge in [-0.1, -0.05) is 36.4 Å². The van der Waals surface area contributed by atoms with E-state index in [1.165, 1.54) is 22.5 Å². The first-order valence-electron chi connectivity index (χ1n) is 11.2. The summed E-state index contributed by atoms with van der Waals surface area (Å²) in [6.07, 6.45) is 4.04. The molecule has 2 aromatic carbocycles. The highest BCUT2D eigenvalue weighted by molar-refractivity contribution is 7.13. The molecular weight excluding hydrogens is 442 g/mol. The lowest BCUT2D eigenvalue weighted by Crippen LogP contribution is -2.26. The van der Waals surface area contributed by atoms with Crippen LogP contribution in [0.1, 0.15) is 32.9 Å². The van der Waals surface area contributed by atoms with Gasteiger partial charge in [-0.2, -0.15) is 5.10 Å². The topological polar surface area (TPSA) is 56.0 Å².